The molecule has 1 saturated heterocycles. The Labute approximate surface area is 141 Å². The Bertz CT molecular complexity index is 660. The van der Waals surface area contributed by atoms with Gasteiger partial charge in [-0.3, -0.25) is 9.88 Å². The summed E-state index contributed by atoms with van der Waals surface area (Å²) in [4.78, 5) is 6.73. The van der Waals surface area contributed by atoms with Crippen molar-refractivity contribution in [3.63, 3.8) is 0 Å². The van der Waals surface area contributed by atoms with Gasteiger partial charge in [0.1, 0.15) is 0 Å². The van der Waals surface area contributed by atoms with E-state index in [1.165, 1.54) is 0 Å². The van der Waals surface area contributed by atoms with Crippen molar-refractivity contribution in [3.05, 3.63) is 29.4 Å². The summed E-state index contributed by atoms with van der Waals surface area (Å²) in [7, 11) is 1.63. The van der Waals surface area contributed by atoms with Crippen molar-refractivity contribution in [2.45, 2.75) is 6.42 Å². The SMILES string of the molecule is COc1cc2c(Cl)ccnc2cc1OCCCN1CCOCC1. The zero-order chi connectivity index (χ0) is 16.1. The lowest BCUT2D eigenvalue weighted by Gasteiger charge is -2.26. The van der Waals surface area contributed by atoms with E-state index < -0.39 is 0 Å². The Morgan fingerprint density at radius 1 is 1.26 bits per heavy atom. The lowest BCUT2D eigenvalue weighted by molar-refractivity contribution is 0.0357. The van der Waals surface area contributed by atoms with Gasteiger partial charge in [0, 0.05) is 37.3 Å². The molecule has 0 spiro atoms. The van der Waals surface area contributed by atoms with E-state index in [2.05, 4.69) is 9.88 Å². The molecule has 0 radical (unpaired) electrons. The molecule has 6 heteroatoms. The maximum atomic E-state index is 6.20. The van der Waals surface area contributed by atoms with Gasteiger partial charge in [-0.1, -0.05) is 11.6 Å². The van der Waals surface area contributed by atoms with Crippen molar-refractivity contribution in [2.75, 3.05) is 46.6 Å². The van der Waals surface area contributed by atoms with Gasteiger partial charge in [0.05, 0.1) is 37.5 Å². The molecule has 5 nitrogen and oxygen atoms in total. The van der Waals surface area contributed by atoms with Crippen LogP contribution >= 0.6 is 11.6 Å². The molecule has 1 aromatic heterocycles. The monoisotopic (exact) mass is 336 g/mol. The summed E-state index contributed by atoms with van der Waals surface area (Å²) < 4.78 is 16.7. The van der Waals surface area contributed by atoms with E-state index in [1.54, 1.807) is 19.4 Å². The highest BCUT2D eigenvalue weighted by molar-refractivity contribution is 6.35. The molecule has 0 N–H and O–H groups in total. The normalized spacial score (nSPS) is 15.7. The summed E-state index contributed by atoms with van der Waals surface area (Å²) in [6, 6.07) is 5.53. The summed E-state index contributed by atoms with van der Waals surface area (Å²) in [5.74, 6) is 1.38. The fraction of sp³-hybridized carbons (Fsp3) is 0.471. The van der Waals surface area contributed by atoms with E-state index in [0.717, 1.165) is 50.2 Å². The van der Waals surface area contributed by atoms with Crippen LogP contribution in [0.25, 0.3) is 10.9 Å². The van der Waals surface area contributed by atoms with Gasteiger partial charge in [-0.2, -0.15) is 0 Å². The number of fused-ring (bicyclic) bond motifs is 1. The van der Waals surface area contributed by atoms with Gasteiger partial charge >= 0.3 is 0 Å². The molecule has 0 atom stereocenters. The van der Waals surface area contributed by atoms with Crippen LogP contribution in [0.2, 0.25) is 5.02 Å². The molecular weight excluding hydrogens is 316 g/mol. The molecule has 23 heavy (non-hydrogen) atoms. The minimum Gasteiger partial charge on any atom is -0.493 e. The molecule has 0 saturated carbocycles. The number of aromatic nitrogens is 1. The van der Waals surface area contributed by atoms with Crippen LogP contribution in [0.4, 0.5) is 0 Å². The number of methoxy groups -OCH3 is 1. The predicted molar refractivity (Wildman–Crippen MR) is 90.7 cm³/mol. The van der Waals surface area contributed by atoms with E-state index in [0.29, 0.717) is 23.1 Å². The van der Waals surface area contributed by atoms with Gasteiger partial charge in [0.25, 0.3) is 0 Å². The first-order valence-corrected chi connectivity index (χ1v) is 8.21. The van der Waals surface area contributed by atoms with Gasteiger partial charge in [0.2, 0.25) is 0 Å². The third kappa shape index (κ3) is 4.05. The molecule has 2 heterocycles. The summed E-state index contributed by atoms with van der Waals surface area (Å²) in [5, 5.41) is 1.53. The number of hydrogen-bond donors (Lipinski definition) is 0. The Balaban J connectivity index is 1.62. The molecule has 0 aliphatic carbocycles. The molecule has 1 aliphatic rings. The zero-order valence-electron chi connectivity index (χ0n) is 13.3. The first-order chi connectivity index (χ1) is 11.3. The van der Waals surface area contributed by atoms with E-state index in [9.17, 15) is 0 Å². The Morgan fingerprint density at radius 3 is 2.87 bits per heavy atom. The first kappa shape index (κ1) is 16.3. The van der Waals surface area contributed by atoms with E-state index >= 15 is 0 Å². The number of pyridine rings is 1. The standard InChI is InChI=1S/C17H21ClN2O3/c1-21-16-11-13-14(18)3-4-19-15(13)12-17(16)23-8-2-5-20-6-9-22-10-7-20/h3-4,11-12H,2,5-10H2,1H3. The highest BCUT2D eigenvalue weighted by Gasteiger charge is 2.12. The average Bonchev–Trinajstić information content (AvgIpc) is 2.59. The largest absolute Gasteiger partial charge is 0.493 e. The summed E-state index contributed by atoms with van der Waals surface area (Å²) in [6.45, 7) is 5.31. The predicted octanol–water partition coefficient (Wildman–Crippen LogP) is 3.00. The molecular formula is C17H21ClN2O3. The van der Waals surface area contributed by atoms with Gasteiger partial charge in [-0.15, -0.1) is 0 Å². The highest BCUT2D eigenvalue weighted by atomic mass is 35.5. The van der Waals surface area contributed by atoms with E-state index in [4.69, 9.17) is 25.8 Å². The summed E-state index contributed by atoms with van der Waals surface area (Å²) in [5.41, 5.74) is 0.807. The van der Waals surface area contributed by atoms with Crippen LogP contribution in [-0.4, -0.2) is 56.4 Å². The number of halogens is 1. The molecule has 1 fully saturated rings. The Hall–Kier alpha value is -1.56. The van der Waals surface area contributed by atoms with Crippen LogP contribution in [0.5, 0.6) is 11.5 Å². The smallest absolute Gasteiger partial charge is 0.163 e. The van der Waals surface area contributed by atoms with Gasteiger partial charge < -0.3 is 14.2 Å². The molecule has 0 unspecified atom stereocenters. The lowest BCUT2D eigenvalue weighted by Crippen LogP contribution is -2.37. The minimum absolute atomic E-state index is 0.639. The number of hydrogen-bond acceptors (Lipinski definition) is 5. The second-order valence-electron chi connectivity index (χ2n) is 5.47. The zero-order valence-corrected chi connectivity index (χ0v) is 14.0. The summed E-state index contributed by atoms with van der Waals surface area (Å²) in [6.07, 6.45) is 2.66. The van der Waals surface area contributed by atoms with Crippen LogP contribution < -0.4 is 9.47 Å². The topological polar surface area (TPSA) is 43.8 Å². The van der Waals surface area contributed by atoms with Crippen molar-refractivity contribution in [1.29, 1.82) is 0 Å². The number of nitrogens with zero attached hydrogens (tertiary/aromatic N) is 2. The van der Waals surface area contributed by atoms with Crippen molar-refractivity contribution >= 4 is 22.5 Å². The number of benzene rings is 1. The van der Waals surface area contributed by atoms with Crippen molar-refractivity contribution < 1.29 is 14.2 Å². The fourth-order valence-electron chi connectivity index (χ4n) is 2.69. The van der Waals surface area contributed by atoms with Gasteiger partial charge in [-0.25, -0.2) is 0 Å². The van der Waals surface area contributed by atoms with Crippen LogP contribution in [0.1, 0.15) is 6.42 Å². The fourth-order valence-corrected chi connectivity index (χ4v) is 2.90. The Morgan fingerprint density at radius 2 is 2.09 bits per heavy atom. The molecule has 0 bridgehead atoms. The molecule has 0 amide bonds. The maximum Gasteiger partial charge on any atom is 0.163 e. The van der Waals surface area contributed by atoms with Crippen molar-refractivity contribution in [1.82, 2.24) is 9.88 Å². The van der Waals surface area contributed by atoms with Crippen molar-refractivity contribution in [3.8, 4) is 11.5 Å². The van der Waals surface area contributed by atoms with Crippen molar-refractivity contribution in [2.24, 2.45) is 0 Å². The number of rotatable bonds is 6. The minimum atomic E-state index is 0.639. The van der Waals surface area contributed by atoms with E-state index in [-0.39, 0.29) is 0 Å². The van der Waals surface area contributed by atoms with Crippen LogP contribution in [0.3, 0.4) is 0 Å². The average molecular weight is 337 g/mol. The first-order valence-electron chi connectivity index (χ1n) is 7.83. The quantitative estimate of drug-likeness (QED) is 0.759. The summed E-state index contributed by atoms with van der Waals surface area (Å²) >= 11 is 6.20. The molecule has 2 aromatic rings. The Kier molecular flexibility index (Phi) is 5.54. The number of ether oxygens (including phenoxy) is 3. The maximum absolute atomic E-state index is 6.20. The second-order valence-corrected chi connectivity index (χ2v) is 5.88. The van der Waals surface area contributed by atoms with Crippen LogP contribution in [-0.2, 0) is 4.74 Å². The highest BCUT2D eigenvalue weighted by Crippen LogP contribution is 2.34. The third-order valence-electron chi connectivity index (χ3n) is 3.95. The third-order valence-corrected chi connectivity index (χ3v) is 4.28. The van der Waals surface area contributed by atoms with Crippen LogP contribution in [0.15, 0.2) is 24.4 Å². The van der Waals surface area contributed by atoms with E-state index in [1.807, 2.05) is 12.1 Å². The molecule has 1 aliphatic heterocycles. The van der Waals surface area contributed by atoms with Crippen LogP contribution in [0, 0.1) is 0 Å². The second kappa shape index (κ2) is 7.81. The van der Waals surface area contributed by atoms with Gasteiger partial charge in [-0.05, 0) is 18.6 Å². The number of morpholine rings is 1. The lowest BCUT2D eigenvalue weighted by atomic mass is 10.2. The molecule has 124 valence electrons. The van der Waals surface area contributed by atoms with Gasteiger partial charge in [0.15, 0.2) is 11.5 Å². The molecule has 1 aromatic carbocycles. The molecule has 3 rings (SSSR count).